The van der Waals surface area contributed by atoms with Crippen LogP contribution in [0.25, 0.3) is 0 Å². The largest absolute Gasteiger partial charge is 0.327 e. The average molecular weight is 302 g/mol. The molecule has 2 nitrogen and oxygen atoms in total. The molecule has 2 aromatic carbocycles. The Labute approximate surface area is 129 Å². The van der Waals surface area contributed by atoms with E-state index in [1.54, 1.807) is 24.3 Å². The minimum absolute atomic E-state index is 0.0220. The molecule has 3 rings (SSSR count). The van der Waals surface area contributed by atoms with Crippen LogP contribution < -0.4 is 5.73 Å². The Morgan fingerprint density at radius 1 is 1.05 bits per heavy atom. The quantitative estimate of drug-likeness (QED) is 0.943. The van der Waals surface area contributed by atoms with Gasteiger partial charge in [-0.05, 0) is 36.1 Å². The van der Waals surface area contributed by atoms with Crippen LogP contribution in [-0.4, -0.2) is 24.0 Å². The van der Waals surface area contributed by atoms with Crippen LogP contribution in [0.2, 0.25) is 0 Å². The summed E-state index contributed by atoms with van der Waals surface area (Å²) in [5.74, 6) is -0.229. The molecular weight excluding hydrogens is 282 g/mol. The maximum atomic E-state index is 13.8. The average Bonchev–Trinajstić information content (AvgIpc) is 2.49. The van der Waals surface area contributed by atoms with Crippen LogP contribution in [0, 0.1) is 11.6 Å². The molecule has 1 saturated heterocycles. The van der Waals surface area contributed by atoms with E-state index < -0.39 is 0 Å². The molecule has 2 N–H and O–H groups in total. The molecule has 2 atom stereocenters. The van der Waals surface area contributed by atoms with E-state index in [-0.39, 0.29) is 23.6 Å². The van der Waals surface area contributed by atoms with Gasteiger partial charge in [0.1, 0.15) is 11.6 Å². The second-order valence-electron chi connectivity index (χ2n) is 6.03. The Morgan fingerprint density at radius 3 is 2.64 bits per heavy atom. The Hall–Kier alpha value is -1.78. The number of likely N-dealkylation sites (tertiary alicyclic amines) is 1. The third kappa shape index (κ3) is 3.51. The van der Waals surface area contributed by atoms with Gasteiger partial charge in [0.2, 0.25) is 0 Å². The van der Waals surface area contributed by atoms with E-state index in [9.17, 15) is 8.78 Å². The molecule has 2 aromatic rings. The van der Waals surface area contributed by atoms with Gasteiger partial charge in [0.05, 0.1) is 0 Å². The van der Waals surface area contributed by atoms with Crippen LogP contribution in [-0.2, 0) is 6.54 Å². The summed E-state index contributed by atoms with van der Waals surface area (Å²) in [7, 11) is 0. The molecular formula is C18H20F2N2. The van der Waals surface area contributed by atoms with Gasteiger partial charge >= 0.3 is 0 Å². The number of piperidine rings is 1. The molecule has 2 unspecified atom stereocenters. The van der Waals surface area contributed by atoms with E-state index in [2.05, 4.69) is 4.90 Å². The topological polar surface area (TPSA) is 29.3 Å². The van der Waals surface area contributed by atoms with Crippen LogP contribution >= 0.6 is 0 Å². The zero-order valence-electron chi connectivity index (χ0n) is 12.4. The first kappa shape index (κ1) is 15.1. The number of halogens is 2. The van der Waals surface area contributed by atoms with Crippen LogP contribution in [0.15, 0.2) is 48.5 Å². The summed E-state index contributed by atoms with van der Waals surface area (Å²) < 4.78 is 27.2. The van der Waals surface area contributed by atoms with Gasteiger partial charge in [0.15, 0.2) is 0 Å². The first-order valence-corrected chi connectivity index (χ1v) is 7.58. The standard InChI is InChI=1S/C18H20F2N2/c19-16-6-3-5-13(8-16)15-9-17(21)12-22(11-15)10-14-4-1-2-7-18(14)20/h1-8,15,17H,9-12,21H2. The Kier molecular flexibility index (Phi) is 4.50. The van der Waals surface area contributed by atoms with E-state index in [0.717, 1.165) is 25.1 Å². The van der Waals surface area contributed by atoms with E-state index in [4.69, 9.17) is 5.73 Å². The Bertz CT molecular complexity index is 644. The summed E-state index contributed by atoms with van der Waals surface area (Å²) in [4.78, 5) is 2.15. The van der Waals surface area contributed by atoms with Crippen molar-refractivity contribution < 1.29 is 8.78 Å². The second kappa shape index (κ2) is 6.55. The highest BCUT2D eigenvalue weighted by Crippen LogP contribution is 2.28. The van der Waals surface area contributed by atoms with E-state index in [1.807, 2.05) is 12.1 Å². The van der Waals surface area contributed by atoms with Gasteiger partial charge in [0, 0.05) is 31.2 Å². The van der Waals surface area contributed by atoms with Crippen molar-refractivity contribution in [2.24, 2.45) is 5.73 Å². The summed E-state index contributed by atoms with van der Waals surface area (Å²) in [6.45, 7) is 2.04. The fraction of sp³-hybridized carbons (Fsp3) is 0.333. The van der Waals surface area contributed by atoms with Crippen molar-refractivity contribution in [2.75, 3.05) is 13.1 Å². The zero-order valence-corrected chi connectivity index (χ0v) is 12.4. The van der Waals surface area contributed by atoms with E-state index in [1.165, 1.54) is 12.1 Å². The van der Waals surface area contributed by atoms with Crippen molar-refractivity contribution in [2.45, 2.75) is 24.9 Å². The van der Waals surface area contributed by atoms with Gasteiger partial charge in [-0.2, -0.15) is 0 Å². The molecule has 1 heterocycles. The van der Waals surface area contributed by atoms with Crippen molar-refractivity contribution in [1.29, 1.82) is 0 Å². The summed E-state index contributed by atoms with van der Waals surface area (Å²) in [5.41, 5.74) is 7.80. The van der Waals surface area contributed by atoms with Crippen molar-refractivity contribution in [3.05, 3.63) is 71.3 Å². The molecule has 1 aliphatic rings. The SMILES string of the molecule is NC1CC(c2cccc(F)c2)CN(Cc2ccccc2F)C1. The number of rotatable bonds is 3. The molecule has 0 bridgehead atoms. The summed E-state index contributed by atoms with van der Waals surface area (Å²) in [6, 6.07) is 13.5. The van der Waals surface area contributed by atoms with Crippen LogP contribution in [0.3, 0.4) is 0 Å². The molecule has 0 amide bonds. The molecule has 0 aliphatic carbocycles. The highest BCUT2D eigenvalue weighted by Gasteiger charge is 2.26. The Balaban J connectivity index is 1.75. The number of hydrogen-bond acceptors (Lipinski definition) is 2. The minimum Gasteiger partial charge on any atom is -0.327 e. The Morgan fingerprint density at radius 2 is 1.86 bits per heavy atom. The number of benzene rings is 2. The number of nitrogens with zero attached hydrogens (tertiary/aromatic N) is 1. The van der Waals surface area contributed by atoms with E-state index >= 15 is 0 Å². The van der Waals surface area contributed by atoms with Gasteiger partial charge in [0.25, 0.3) is 0 Å². The molecule has 116 valence electrons. The normalized spacial score (nSPS) is 22.7. The van der Waals surface area contributed by atoms with Crippen LogP contribution in [0.5, 0.6) is 0 Å². The monoisotopic (exact) mass is 302 g/mol. The molecule has 0 radical (unpaired) electrons. The van der Waals surface area contributed by atoms with Gasteiger partial charge in [-0.25, -0.2) is 8.78 Å². The maximum Gasteiger partial charge on any atom is 0.127 e. The third-order valence-corrected chi connectivity index (χ3v) is 4.23. The summed E-state index contributed by atoms with van der Waals surface area (Å²) in [6.07, 6.45) is 0.831. The predicted octanol–water partition coefficient (Wildman–Crippen LogP) is 3.28. The van der Waals surface area contributed by atoms with Crippen LogP contribution in [0.1, 0.15) is 23.5 Å². The molecule has 0 aromatic heterocycles. The molecule has 1 aliphatic heterocycles. The third-order valence-electron chi connectivity index (χ3n) is 4.23. The first-order valence-electron chi connectivity index (χ1n) is 7.58. The summed E-state index contributed by atoms with van der Waals surface area (Å²) >= 11 is 0. The van der Waals surface area contributed by atoms with Crippen molar-refractivity contribution in [3.8, 4) is 0 Å². The molecule has 1 fully saturated rings. The smallest absolute Gasteiger partial charge is 0.127 e. The lowest BCUT2D eigenvalue weighted by molar-refractivity contribution is 0.179. The van der Waals surface area contributed by atoms with E-state index in [0.29, 0.717) is 12.1 Å². The fourth-order valence-corrected chi connectivity index (χ4v) is 3.23. The van der Waals surface area contributed by atoms with Crippen LogP contribution in [0.4, 0.5) is 8.78 Å². The lowest BCUT2D eigenvalue weighted by Crippen LogP contribution is -2.45. The van der Waals surface area contributed by atoms with Gasteiger partial charge in [-0.1, -0.05) is 30.3 Å². The second-order valence-corrected chi connectivity index (χ2v) is 6.03. The lowest BCUT2D eigenvalue weighted by Gasteiger charge is -2.36. The first-order chi connectivity index (χ1) is 10.6. The lowest BCUT2D eigenvalue weighted by atomic mass is 9.88. The highest BCUT2D eigenvalue weighted by atomic mass is 19.1. The maximum absolute atomic E-state index is 13.8. The highest BCUT2D eigenvalue weighted by molar-refractivity contribution is 5.23. The minimum atomic E-state index is -0.225. The van der Waals surface area contributed by atoms with Crippen molar-refractivity contribution in [1.82, 2.24) is 4.90 Å². The van der Waals surface area contributed by atoms with Gasteiger partial charge in [-0.3, -0.25) is 4.90 Å². The molecule has 0 saturated carbocycles. The summed E-state index contributed by atoms with van der Waals surface area (Å²) in [5, 5.41) is 0. The predicted molar refractivity (Wildman–Crippen MR) is 83.4 cm³/mol. The van der Waals surface area contributed by atoms with Gasteiger partial charge < -0.3 is 5.73 Å². The zero-order chi connectivity index (χ0) is 15.5. The van der Waals surface area contributed by atoms with Gasteiger partial charge in [-0.15, -0.1) is 0 Å². The van der Waals surface area contributed by atoms with Crippen molar-refractivity contribution in [3.63, 3.8) is 0 Å². The number of hydrogen-bond donors (Lipinski definition) is 1. The molecule has 4 heteroatoms. The van der Waals surface area contributed by atoms with Crippen molar-refractivity contribution >= 4 is 0 Å². The fourth-order valence-electron chi connectivity index (χ4n) is 3.23. The number of nitrogens with two attached hydrogens (primary N) is 1. The molecule has 22 heavy (non-hydrogen) atoms. The molecule has 0 spiro atoms.